The normalized spacial score (nSPS) is 29.4. The Kier molecular flexibility index (Phi) is 12.7. The number of nitrogens with zero attached hydrogens (tertiary/aromatic N) is 4. The number of hydrogen-bond acceptors (Lipinski definition) is 4. The predicted octanol–water partition coefficient (Wildman–Crippen LogP) is 5.53. The topological polar surface area (TPSA) is 13.0 Å². The third-order valence-corrected chi connectivity index (χ3v) is 8.77. The molecule has 0 aromatic heterocycles. The van der Waals surface area contributed by atoms with Crippen molar-refractivity contribution in [3.63, 3.8) is 0 Å². The Morgan fingerprint density at radius 1 is 0.818 bits per heavy atom. The summed E-state index contributed by atoms with van der Waals surface area (Å²) in [6.07, 6.45) is 8.36. The minimum Gasteiger partial charge on any atom is -0.306 e. The number of hydrogen-bond donors (Lipinski definition) is 0. The zero-order chi connectivity index (χ0) is 24.4. The van der Waals surface area contributed by atoms with Crippen LogP contribution in [0.25, 0.3) is 0 Å². The highest BCUT2D eigenvalue weighted by Gasteiger charge is 2.45. The predicted molar refractivity (Wildman–Crippen MR) is 146 cm³/mol. The van der Waals surface area contributed by atoms with Gasteiger partial charge in [-0.1, -0.05) is 41.5 Å². The molecule has 33 heavy (non-hydrogen) atoms. The minimum atomic E-state index is 0.716. The monoisotopic (exact) mass is 464 g/mol. The maximum Gasteiger partial charge on any atom is 0.00647 e. The first-order chi connectivity index (χ1) is 15.8. The summed E-state index contributed by atoms with van der Waals surface area (Å²) < 4.78 is 0. The van der Waals surface area contributed by atoms with Crippen LogP contribution in [0.3, 0.4) is 0 Å². The molecule has 4 aliphatic heterocycles. The molecule has 4 heteroatoms. The van der Waals surface area contributed by atoms with Gasteiger partial charge in [-0.2, -0.15) is 0 Å². The third-order valence-electron chi connectivity index (χ3n) is 8.77. The lowest BCUT2D eigenvalue weighted by molar-refractivity contribution is -0.0661. The summed E-state index contributed by atoms with van der Waals surface area (Å²) in [7, 11) is 2.27. The Bertz CT molecular complexity index is 506. The van der Waals surface area contributed by atoms with E-state index in [1.807, 2.05) is 13.8 Å². The number of rotatable bonds is 6. The summed E-state index contributed by atoms with van der Waals surface area (Å²) in [6, 6.07) is 0.805. The molecular formula is C29H60N4. The largest absolute Gasteiger partial charge is 0.306 e. The van der Waals surface area contributed by atoms with Gasteiger partial charge in [0.05, 0.1) is 0 Å². The summed E-state index contributed by atoms with van der Waals surface area (Å²) >= 11 is 0. The molecule has 4 rings (SSSR count). The lowest BCUT2D eigenvalue weighted by Crippen LogP contribution is -2.62. The minimum absolute atomic E-state index is 0.716. The van der Waals surface area contributed by atoms with E-state index in [2.05, 4.69) is 61.3 Å². The van der Waals surface area contributed by atoms with Crippen LogP contribution in [0.2, 0.25) is 0 Å². The van der Waals surface area contributed by atoms with Gasteiger partial charge in [-0.25, -0.2) is 0 Å². The Labute approximate surface area is 208 Å². The van der Waals surface area contributed by atoms with Crippen LogP contribution in [0.4, 0.5) is 0 Å². The molecule has 4 fully saturated rings. The highest BCUT2D eigenvalue weighted by molar-refractivity contribution is 4.99. The first kappa shape index (κ1) is 29.1. The Morgan fingerprint density at radius 2 is 1.42 bits per heavy atom. The van der Waals surface area contributed by atoms with Gasteiger partial charge in [0.25, 0.3) is 0 Å². The molecule has 4 heterocycles. The smallest absolute Gasteiger partial charge is 0.00647 e. The number of likely N-dealkylation sites (tertiary alicyclic amines) is 4. The van der Waals surface area contributed by atoms with Gasteiger partial charge in [0.2, 0.25) is 0 Å². The lowest BCUT2D eigenvalue weighted by Gasteiger charge is -2.56. The molecule has 0 radical (unpaired) electrons. The molecule has 3 unspecified atom stereocenters. The van der Waals surface area contributed by atoms with Crippen molar-refractivity contribution in [2.24, 2.45) is 23.2 Å². The highest BCUT2D eigenvalue weighted by atomic mass is 15.2. The molecule has 4 aliphatic rings. The quantitative estimate of drug-likeness (QED) is 0.512. The van der Waals surface area contributed by atoms with Crippen molar-refractivity contribution in [1.82, 2.24) is 19.6 Å². The van der Waals surface area contributed by atoms with E-state index in [0.29, 0.717) is 5.41 Å². The van der Waals surface area contributed by atoms with Crippen molar-refractivity contribution in [3.05, 3.63) is 0 Å². The summed E-state index contributed by atoms with van der Waals surface area (Å²) in [6.45, 7) is 29.1. The van der Waals surface area contributed by atoms with E-state index in [0.717, 1.165) is 23.8 Å². The van der Waals surface area contributed by atoms with Crippen LogP contribution in [-0.4, -0.2) is 98.1 Å². The second kappa shape index (κ2) is 14.4. The van der Waals surface area contributed by atoms with Gasteiger partial charge in [0.15, 0.2) is 0 Å². The van der Waals surface area contributed by atoms with E-state index in [1.54, 1.807) is 0 Å². The molecule has 0 saturated carbocycles. The second-order valence-corrected chi connectivity index (χ2v) is 12.0. The summed E-state index contributed by atoms with van der Waals surface area (Å²) in [5.74, 6) is 2.81. The Hall–Kier alpha value is -0.160. The SMILES string of the molecule is CC.CC(C)CN1CCC2CN(C)CCC2C1.CCCN1CCC2(CC1)CN(C(C)CC)C2. The van der Waals surface area contributed by atoms with Crippen LogP contribution >= 0.6 is 0 Å². The lowest BCUT2D eigenvalue weighted by atomic mass is 9.71. The fourth-order valence-corrected chi connectivity index (χ4v) is 6.55. The standard InChI is InChI=1S/C14H28N2.C13H26N2.C2H6/c1-4-8-15-9-6-14(7-10-15)11-16(12-14)13(3)5-2;1-11(2)8-15-7-5-12-9-14(3)6-4-13(12)10-15;1-2/h13H,4-12H2,1-3H3;11-13H,4-10H2,1-3H3;1-2H3. The molecule has 0 aromatic carbocycles. The second-order valence-electron chi connectivity index (χ2n) is 12.0. The van der Waals surface area contributed by atoms with Gasteiger partial charge in [-0.3, -0.25) is 4.90 Å². The maximum absolute atomic E-state index is 2.69. The van der Waals surface area contributed by atoms with E-state index in [-0.39, 0.29) is 0 Å². The van der Waals surface area contributed by atoms with Gasteiger partial charge in [-0.05, 0) is 108 Å². The Morgan fingerprint density at radius 3 is 2.00 bits per heavy atom. The van der Waals surface area contributed by atoms with E-state index < -0.39 is 0 Å². The highest BCUT2D eigenvalue weighted by Crippen LogP contribution is 2.41. The Balaban J connectivity index is 0.000000218. The molecule has 0 N–H and O–H groups in total. The average molecular weight is 465 g/mol. The van der Waals surface area contributed by atoms with Gasteiger partial charge in [0.1, 0.15) is 0 Å². The first-order valence-electron chi connectivity index (χ1n) is 14.7. The molecule has 0 amide bonds. The molecular weight excluding hydrogens is 404 g/mol. The molecule has 1 spiro atoms. The first-order valence-corrected chi connectivity index (χ1v) is 14.7. The zero-order valence-electron chi connectivity index (χ0n) is 23.9. The van der Waals surface area contributed by atoms with E-state index >= 15 is 0 Å². The molecule has 0 bridgehead atoms. The molecule has 0 aliphatic carbocycles. The average Bonchev–Trinajstić information content (AvgIpc) is 2.79. The van der Waals surface area contributed by atoms with Gasteiger partial charge in [0, 0.05) is 38.8 Å². The molecule has 4 nitrogen and oxygen atoms in total. The maximum atomic E-state index is 2.69. The molecule has 196 valence electrons. The van der Waals surface area contributed by atoms with Crippen molar-refractivity contribution >= 4 is 0 Å². The van der Waals surface area contributed by atoms with E-state index in [9.17, 15) is 0 Å². The van der Waals surface area contributed by atoms with Crippen LogP contribution in [0.5, 0.6) is 0 Å². The molecule has 3 atom stereocenters. The van der Waals surface area contributed by atoms with Crippen LogP contribution < -0.4 is 0 Å². The van der Waals surface area contributed by atoms with Crippen LogP contribution in [0.15, 0.2) is 0 Å². The fraction of sp³-hybridized carbons (Fsp3) is 1.00. The third kappa shape index (κ3) is 8.78. The summed E-state index contributed by atoms with van der Waals surface area (Å²) in [4.78, 5) is 10.5. The van der Waals surface area contributed by atoms with E-state index in [4.69, 9.17) is 0 Å². The van der Waals surface area contributed by atoms with Crippen LogP contribution in [-0.2, 0) is 0 Å². The number of fused-ring (bicyclic) bond motifs is 1. The van der Waals surface area contributed by atoms with Crippen molar-refractivity contribution in [2.75, 3.05) is 72.5 Å². The molecule has 4 saturated heterocycles. The van der Waals surface area contributed by atoms with Crippen molar-refractivity contribution in [3.8, 4) is 0 Å². The summed E-state index contributed by atoms with van der Waals surface area (Å²) in [5, 5.41) is 0. The zero-order valence-corrected chi connectivity index (χ0v) is 23.9. The van der Waals surface area contributed by atoms with Gasteiger partial charge in [-0.15, -0.1) is 0 Å². The summed E-state index contributed by atoms with van der Waals surface area (Å²) in [5.41, 5.74) is 0.716. The van der Waals surface area contributed by atoms with Crippen LogP contribution in [0, 0.1) is 23.2 Å². The van der Waals surface area contributed by atoms with Crippen molar-refractivity contribution in [1.29, 1.82) is 0 Å². The van der Waals surface area contributed by atoms with Gasteiger partial charge >= 0.3 is 0 Å². The van der Waals surface area contributed by atoms with Crippen molar-refractivity contribution < 1.29 is 0 Å². The number of piperidine rings is 3. The van der Waals surface area contributed by atoms with Crippen LogP contribution in [0.1, 0.15) is 87.0 Å². The van der Waals surface area contributed by atoms with Gasteiger partial charge < -0.3 is 14.7 Å². The fourth-order valence-electron chi connectivity index (χ4n) is 6.55. The molecule has 0 aromatic rings. The van der Waals surface area contributed by atoms with E-state index in [1.165, 1.54) is 104 Å². The van der Waals surface area contributed by atoms with Crippen molar-refractivity contribution in [2.45, 2.75) is 93.0 Å².